The minimum absolute atomic E-state index is 0.166. The van der Waals surface area contributed by atoms with Gasteiger partial charge in [-0.25, -0.2) is 0 Å². The standard InChI is InChI=1S/C13H13N3O/c1-9-12(7-11(14)8-15-9)16-13(17)10-5-3-2-4-6-10/h2-8H,14H2,1H3,(H,16,17). The molecule has 1 aromatic heterocycles. The summed E-state index contributed by atoms with van der Waals surface area (Å²) in [4.78, 5) is 16.0. The monoisotopic (exact) mass is 227 g/mol. The van der Waals surface area contributed by atoms with Gasteiger partial charge < -0.3 is 11.1 Å². The van der Waals surface area contributed by atoms with Gasteiger partial charge in [-0.1, -0.05) is 18.2 Å². The minimum Gasteiger partial charge on any atom is -0.397 e. The zero-order valence-corrected chi connectivity index (χ0v) is 9.47. The number of rotatable bonds is 2. The maximum Gasteiger partial charge on any atom is 0.255 e. The molecule has 0 radical (unpaired) electrons. The van der Waals surface area contributed by atoms with E-state index in [2.05, 4.69) is 10.3 Å². The lowest BCUT2D eigenvalue weighted by Crippen LogP contribution is -2.13. The van der Waals surface area contributed by atoms with Crippen molar-refractivity contribution in [2.45, 2.75) is 6.92 Å². The molecule has 1 heterocycles. The van der Waals surface area contributed by atoms with Crippen molar-refractivity contribution in [3.8, 4) is 0 Å². The number of anilines is 2. The lowest BCUT2D eigenvalue weighted by atomic mass is 10.2. The zero-order chi connectivity index (χ0) is 12.3. The number of pyridine rings is 1. The van der Waals surface area contributed by atoms with Crippen LogP contribution in [0.25, 0.3) is 0 Å². The smallest absolute Gasteiger partial charge is 0.255 e. The number of carbonyl (C=O) groups excluding carboxylic acids is 1. The number of nitrogens with one attached hydrogen (secondary N) is 1. The molecule has 0 atom stereocenters. The number of aromatic nitrogens is 1. The summed E-state index contributed by atoms with van der Waals surface area (Å²) in [5, 5.41) is 2.79. The first-order valence-corrected chi connectivity index (χ1v) is 5.25. The van der Waals surface area contributed by atoms with Crippen molar-refractivity contribution < 1.29 is 4.79 Å². The van der Waals surface area contributed by atoms with Gasteiger partial charge in [-0.3, -0.25) is 9.78 Å². The summed E-state index contributed by atoms with van der Waals surface area (Å²) in [7, 11) is 0. The molecule has 3 N–H and O–H groups in total. The molecule has 0 spiro atoms. The van der Waals surface area contributed by atoms with Gasteiger partial charge in [0.2, 0.25) is 0 Å². The molecule has 0 fully saturated rings. The average Bonchev–Trinajstić information content (AvgIpc) is 2.35. The third-order valence-electron chi connectivity index (χ3n) is 2.39. The van der Waals surface area contributed by atoms with E-state index in [1.807, 2.05) is 25.1 Å². The third kappa shape index (κ3) is 2.60. The summed E-state index contributed by atoms with van der Waals surface area (Å²) in [5.41, 5.74) is 8.14. The van der Waals surface area contributed by atoms with Crippen molar-refractivity contribution in [3.05, 3.63) is 53.9 Å². The van der Waals surface area contributed by atoms with E-state index in [0.717, 1.165) is 5.69 Å². The fraction of sp³-hybridized carbons (Fsp3) is 0.0769. The number of nitrogens with two attached hydrogens (primary N) is 1. The van der Waals surface area contributed by atoms with Crippen molar-refractivity contribution >= 4 is 17.3 Å². The first-order chi connectivity index (χ1) is 8.16. The highest BCUT2D eigenvalue weighted by atomic mass is 16.1. The topological polar surface area (TPSA) is 68.0 Å². The Balaban J connectivity index is 2.22. The van der Waals surface area contributed by atoms with Crippen LogP contribution >= 0.6 is 0 Å². The summed E-state index contributed by atoms with van der Waals surface area (Å²) >= 11 is 0. The molecule has 0 saturated heterocycles. The van der Waals surface area contributed by atoms with Crippen LogP contribution in [0.3, 0.4) is 0 Å². The van der Waals surface area contributed by atoms with E-state index >= 15 is 0 Å². The average molecular weight is 227 g/mol. The third-order valence-corrected chi connectivity index (χ3v) is 2.39. The molecule has 0 bridgehead atoms. The van der Waals surface area contributed by atoms with E-state index in [9.17, 15) is 4.79 Å². The lowest BCUT2D eigenvalue weighted by Gasteiger charge is -2.08. The summed E-state index contributed by atoms with van der Waals surface area (Å²) < 4.78 is 0. The number of benzene rings is 1. The molecule has 0 aliphatic rings. The molecule has 1 amide bonds. The Hall–Kier alpha value is -2.36. The SMILES string of the molecule is Cc1ncc(N)cc1NC(=O)c1ccccc1. The highest BCUT2D eigenvalue weighted by molar-refractivity contribution is 6.04. The normalized spacial score (nSPS) is 9.94. The van der Waals surface area contributed by atoms with Gasteiger partial charge in [0.15, 0.2) is 0 Å². The molecule has 2 rings (SSSR count). The molecular formula is C13H13N3O. The number of nitrogen functional groups attached to an aromatic ring is 1. The first kappa shape index (κ1) is 11.1. The van der Waals surface area contributed by atoms with Crippen LogP contribution in [-0.4, -0.2) is 10.9 Å². The fourth-order valence-electron chi connectivity index (χ4n) is 1.46. The van der Waals surface area contributed by atoms with Crippen molar-refractivity contribution in [2.24, 2.45) is 0 Å². The van der Waals surface area contributed by atoms with Gasteiger partial charge in [0.25, 0.3) is 5.91 Å². The second-order valence-corrected chi connectivity index (χ2v) is 3.72. The van der Waals surface area contributed by atoms with E-state index in [0.29, 0.717) is 16.9 Å². The molecule has 0 unspecified atom stereocenters. The molecule has 0 saturated carbocycles. The van der Waals surface area contributed by atoms with Gasteiger partial charge >= 0.3 is 0 Å². The quantitative estimate of drug-likeness (QED) is 0.826. The maximum atomic E-state index is 11.9. The first-order valence-electron chi connectivity index (χ1n) is 5.25. The summed E-state index contributed by atoms with van der Waals surface area (Å²) in [6, 6.07) is 10.7. The van der Waals surface area contributed by atoms with Crippen molar-refractivity contribution in [1.82, 2.24) is 4.98 Å². The van der Waals surface area contributed by atoms with Crippen molar-refractivity contribution in [2.75, 3.05) is 11.1 Å². The van der Waals surface area contributed by atoms with Crippen LogP contribution in [0, 0.1) is 6.92 Å². The van der Waals surface area contributed by atoms with Gasteiger partial charge in [0.1, 0.15) is 0 Å². The number of carbonyl (C=O) groups is 1. The Bertz CT molecular complexity index is 538. The van der Waals surface area contributed by atoms with Crippen molar-refractivity contribution in [1.29, 1.82) is 0 Å². The zero-order valence-electron chi connectivity index (χ0n) is 9.47. The van der Waals surface area contributed by atoms with E-state index in [1.54, 1.807) is 24.4 Å². The van der Waals surface area contributed by atoms with Gasteiger partial charge in [-0.15, -0.1) is 0 Å². The fourth-order valence-corrected chi connectivity index (χ4v) is 1.46. The molecular weight excluding hydrogens is 214 g/mol. The number of hydrogen-bond acceptors (Lipinski definition) is 3. The number of aryl methyl sites for hydroxylation is 1. The van der Waals surface area contributed by atoms with Crippen LogP contribution in [0.1, 0.15) is 16.1 Å². The van der Waals surface area contributed by atoms with Crippen LogP contribution < -0.4 is 11.1 Å². The number of nitrogens with zero attached hydrogens (tertiary/aromatic N) is 1. The van der Waals surface area contributed by atoms with Crippen molar-refractivity contribution in [3.63, 3.8) is 0 Å². The Morgan fingerprint density at radius 2 is 2.00 bits per heavy atom. The van der Waals surface area contributed by atoms with E-state index < -0.39 is 0 Å². The van der Waals surface area contributed by atoms with E-state index in [4.69, 9.17) is 5.73 Å². The summed E-state index contributed by atoms with van der Waals surface area (Å²) in [6.45, 7) is 1.82. The van der Waals surface area contributed by atoms with Crippen LogP contribution in [0.5, 0.6) is 0 Å². The second-order valence-electron chi connectivity index (χ2n) is 3.72. The van der Waals surface area contributed by atoms with E-state index in [-0.39, 0.29) is 5.91 Å². The van der Waals surface area contributed by atoms with Crippen LogP contribution in [-0.2, 0) is 0 Å². The Labute approximate surface area is 99.5 Å². The summed E-state index contributed by atoms with van der Waals surface area (Å²) in [6.07, 6.45) is 1.56. The second kappa shape index (κ2) is 4.65. The van der Waals surface area contributed by atoms with E-state index in [1.165, 1.54) is 0 Å². The number of amides is 1. The van der Waals surface area contributed by atoms with Crippen LogP contribution in [0.4, 0.5) is 11.4 Å². The minimum atomic E-state index is -0.166. The van der Waals surface area contributed by atoms with Gasteiger partial charge in [-0.2, -0.15) is 0 Å². The van der Waals surface area contributed by atoms with Gasteiger partial charge in [0, 0.05) is 5.56 Å². The maximum absolute atomic E-state index is 11.9. The lowest BCUT2D eigenvalue weighted by molar-refractivity contribution is 0.102. The predicted molar refractivity (Wildman–Crippen MR) is 67.8 cm³/mol. The van der Waals surface area contributed by atoms with Gasteiger partial charge in [-0.05, 0) is 25.1 Å². The predicted octanol–water partition coefficient (Wildman–Crippen LogP) is 2.22. The molecule has 0 aliphatic carbocycles. The molecule has 2 aromatic rings. The largest absolute Gasteiger partial charge is 0.397 e. The molecule has 1 aromatic carbocycles. The molecule has 86 valence electrons. The highest BCUT2D eigenvalue weighted by Gasteiger charge is 2.07. The molecule has 0 aliphatic heterocycles. The summed E-state index contributed by atoms with van der Waals surface area (Å²) in [5.74, 6) is -0.166. The Morgan fingerprint density at radius 3 is 2.71 bits per heavy atom. The Kier molecular flexibility index (Phi) is 3.05. The van der Waals surface area contributed by atoms with Crippen LogP contribution in [0.15, 0.2) is 42.6 Å². The van der Waals surface area contributed by atoms with Gasteiger partial charge in [0.05, 0.1) is 23.3 Å². The molecule has 4 nitrogen and oxygen atoms in total. The molecule has 4 heteroatoms. The molecule has 17 heavy (non-hydrogen) atoms. The highest BCUT2D eigenvalue weighted by Crippen LogP contribution is 2.16. The van der Waals surface area contributed by atoms with Crippen LogP contribution in [0.2, 0.25) is 0 Å². The Morgan fingerprint density at radius 1 is 1.29 bits per heavy atom. The number of hydrogen-bond donors (Lipinski definition) is 2.